The van der Waals surface area contributed by atoms with Gasteiger partial charge in [0.25, 0.3) is 5.91 Å². The van der Waals surface area contributed by atoms with E-state index in [9.17, 15) is 9.59 Å². The lowest BCUT2D eigenvalue weighted by Gasteiger charge is -2.07. The van der Waals surface area contributed by atoms with E-state index in [4.69, 9.17) is 0 Å². The minimum absolute atomic E-state index is 0.384. The smallest absolute Gasteiger partial charge is 0.321 e. The molecule has 0 saturated carbocycles. The van der Waals surface area contributed by atoms with Crippen LogP contribution >= 0.6 is 0 Å². The Morgan fingerprint density at radius 1 is 1.05 bits per heavy atom. The van der Waals surface area contributed by atoms with Crippen LogP contribution in [0.2, 0.25) is 0 Å². The molecule has 0 radical (unpaired) electrons. The quantitative estimate of drug-likeness (QED) is 0.839. The Kier molecular flexibility index (Phi) is 4.71. The van der Waals surface area contributed by atoms with Gasteiger partial charge in [0.2, 0.25) is 0 Å². The highest BCUT2D eigenvalue weighted by molar-refractivity contribution is 6.06. The van der Waals surface area contributed by atoms with Crippen LogP contribution in [0, 0.1) is 0 Å². The first-order valence-electron chi connectivity index (χ1n) is 6.78. The van der Waals surface area contributed by atoms with Crippen molar-refractivity contribution in [2.45, 2.75) is 19.8 Å². The van der Waals surface area contributed by atoms with E-state index in [2.05, 4.69) is 10.6 Å². The number of rotatable bonds is 4. The average molecular weight is 270 g/mol. The second-order valence-corrected chi connectivity index (χ2v) is 4.63. The van der Waals surface area contributed by atoms with E-state index in [-0.39, 0.29) is 5.91 Å². The molecule has 2 rings (SSSR count). The van der Waals surface area contributed by atoms with E-state index >= 15 is 0 Å². The summed E-state index contributed by atoms with van der Waals surface area (Å²) < 4.78 is 0. The van der Waals surface area contributed by atoms with Crippen molar-refractivity contribution in [2.75, 3.05) is 6.54 Å². The third-order valence-electron chi connectivity index (χ3n) is 3.05. The number of hydrogen-bond donors (Lipinski definition) is 2. The second kappa shape index (κ2) is 6.70. The Labute approximate surface area is 118 Å². The maximum Gasteiger partial charge on any atom is 0.321 e. The molecule has 0 aliphatic carbocycles. The Bertz CT molecular complexity index is 623. The molecule has 2 aromatic carbocycles. The summed E-state index contributed by atoms with van der Waals surface area (Å²) in [6.45, 7) is 2.62. The van der Waals surface area contributed by atoms with Crippen molar-refractivity contribution in [3.8, 4) is 0 Å². The Balaban J connectivity index is 2.02. The second-order valence-electron chi connectivity index (χ2n) is 4.63. The summed E-state index contributed by atoms with van der Waals surface area (Å²) in [5, 5.41) is 7.03. The minimum atomic E-state index is -0.448. The molecule has 4 heteroatoms. The number of hydrogen-bond acceptors (Lipinski definition) is 2. The highest BCUT2D eigenvalue weighted by Crippen LogP contribution is 2.15. The lowest BCUT2D eigenvalue weighted by molar-refractivity contribution is 0.0964. The predicted octanol–water partition coefficient (Wildman–Crippen LogP) is 3.08. The van der Waals surface area contributed by atoms with Gasteiger partial charge in [0.05, 0.1) is 0 Å². The topological polar surface area (TPSA) is 58.2 Å². The molecule has 0 bridgehead atoms. The van der Waals surface area contributed by atoms with Crippen LogP contribution in [0.4, 0.5) is 4.79 Å². The summed E-state index contributed by atoms with van der Waals surface area (Å²) in [6.07, 6.45) is 1.90. The lowest BCUT2D eigenvalue weighted by atomic mass is 10.1. The number of benzene rings is 2. The van der Waals surface area contributed by atoms with Gasteiger partial charge in [0.1, 0.15) is 0 Å². The molecule has 0 unspecified atom stereocenters. The molecule has 0 aromatic heterocycles. The van der Waals surface area contributed by atoms with Gasteiger partial charge in [-0.05, 0) is 29.3 Å². The first kappa shape index (κ1) is 14.1. The number of imide groups is 1. The zero-order valence-corrected chi connectivity index (χ0v) is 11.5. The summed E-state index contributed by atoms with van der Waals surface area (Å²) >= 11 is 0. The molecule has 4 nitrogen and oxygen atoms in total. The van der Waals surface area contributed by atoms with Crippen LogP contribution < -0.4 is 10.6 Å². The van der Waals surface area contributed by atoms with E-state index in [1.165, 1.54) is 0 Å². The van der Waals surface area contributed by atoms with E-state index in [0.717, 1.165) is 23.6 Å². The largest absolute Gasteiger partial charge is 0.338 e. The molecule has 0 saturated heterocycles. The van der Waals surface area contributed by atoms with Crippen LogP contribution in [0.1, 0.15) is 30.1 Å². The van der Waals surface area contributed by atoms with Crippen molar-refractivity contribution >= 4 is 22.7 Å². The van der Waals surface area contributed by atoms with Gasteiger partial charge < -0.3 is 5.32 Å². The predicted molar refractivity (Wildman–Crippen MR) is 79.7 cm³/mol. The van der Waals surface area contributed by atoms with Gasteiger partial charge in [-0.3, -0.25) is 10.1 Å². The van der Waals surface area contributed by atoms with Crippen molar-refractivity contribution < 1.29 is 9.59 Å². The molecule has 0 aliphatic heterocycles. The van der Waals surface area contributed by atoms with Gasteiger partial charge in [-0.25, -0.2) is 4.79 Å². The first-order valence-corrected chi connectivity index (χ1v) is 6.78. The number of unbranched alkanes of at least 4 members (excludes halogenated alkanes) is 1. The van der Waals surface area contributed by atoms with Crippen LogP contribution in [0.25, 0.3) is 10.8 Å². The Morgan fingerprint density at radius 2 is 1.80 bits per heavy atom. The van der Waals surface area contributed by atoms with Gasteiger partial charge in [0.15, 0.2) is 0 Å². The minimum Gasteiger partial charge on any atom is -0.338 e. The molecule has 104 valence electrons. The fourth-order valence-electron chi connectivity index (χ4n) is 1.93. The van der Waals surface area contributed by atoms with Gasteiger partial charge in [-0.2, -0.15) is 0 Å². The van der Waals surface area contributed by atoms with Crippen molar-refractivity contribution in [3.63, 3.8) is 0 Å². The van der Waals surface area contributed by atoms with Crippen LogP contribution in [-0.4, -0.2) is 18.5 Å². The molecule has 0 fully saturated rings. The molecule has 0 aliphatic rings. The van der Waals surface area contributed by atoms with Crippen molar-refractivity contribution in [3.05, 3.63) is 48.0 Å². The SMILES string of the molecule is CCCCNC(=O)NC(=O)c1ccc2ccccc2c1. The molecule has 3 amide bonds. The van der Waals surface area contributed by atoms with Crippen LogP contribution in [-0.2, 0) is 0 Å². The third-order valence-corrected chi connectivity index (χ3v) is 3.05. The molecular formula is C16H18N2O2. The van der Waals surface area contributed by atoms with Gasteiger partial charge in [0, 0.05) is 12.1 Å². The molecule has 0 spiro atoms. The van der Waals surface area contributed by atoms with Gasteiger partial charge in [-0.1, -0.05) is 43.7 Å². The average Bonchev–Trinajstić information content (AvgIpc) is 2.47. The molecule has 2 aromatic rings. The monoisotopic (exact) mass is 270 g/mol. The molecule has 2 N–H and O–H groups in total. The molecule has 20 heavy (non-hydrogen) atoms. The maximum absolute atomic E-state index is 12.0. The van der Waals surface area contributed by atoms with E-state index in [0.29, 0.717) is 12.1 Å². The van der Waals surface area contributed by atoms with Gasteiger partial charge >= 0.3 is 6.03 Å². The number of urea groups is 1. The summed E-state index contributed by atoms with van der Waals surface area (Å²) in [5.74, 6) is -0.384. The maximum atomic E-state index is 12.0. The van der Waals surface area contributed by atoms with E-state index in [1.807, 2.05) is 37.3 Å². The summed E-state index contributed by atoms with van der Waals surface area (Å²) in [6, 6.07) is 12.7. The van der Waals surface area contributed by atoms with Crippen molar-refractivity contribution in [2.24, 2.45) is 0 Å². The summed E-state index contributed by atoms with van der Waals surface area (Å²) in [4.78, 5) is 23.5. The van der Waals surface area contributed by atoms with Crippen molar-refractivity contribution in [1.29, 1.82) is 0 Å². The Hall–Kier alpha value is -2.36. The summed E-state index contributed by atoms with van der Waals surface area (Å²) in [5.41, 5.74) is 0.481. The lowest BCUT2D eigenvalue weighted by Crippen LogP contribution is -2.39. The third kappa shape index (κ3) is 3.57. The molecule has 0 atom stereocenters. The highest BCUT2D eigenvalue weighted by Gasteiger charge is 2.09. The standard InChI is InChI=1S/C16H18N2O2/c1-2-3-10-17-16(20)18-15(19)14-9-8-12-6-4-5-7-13(12)11-14/h4-9,11H,2-3,10H2,1H3,(H2,17,18,19,20). The number of carbonyl (C=O) groups is 2. The number of carbonyl (C=O) groups excluding carboxylic acids is 2. The zero-order valence-electron chi connectivity index (χ0n) is 11.5. The molecular weight excluding hydrogens is 252 g/mol. The molecule has 0 heterocycles. The van der Waals surface area contributed by atoms with Crippen LogP contribution in [0.15, 0.2) is 42.5 Å². The normalized spacial score (nSPS) is 10.2. The number of nitrogens with one attached hydrogen (secondary N) is 2. The van der Waals surface area contributed by atoms with Gasteiger partial charge in [-0.15, -0.1) is 0 Å². The fourth-order valence-corrected chi connectivity index (χ4v) is 1.93. The number of fused-ring (bicyclic) bond motifs is 1. The fraction of sp³-hybridized carbons (Fsp3) is 0.250. The van der Waals surface area contributed by atoms with E-state index in [1.54, 1.807) is 12.1 Å². The summed E-state index contributed by atoms with van der Waals surface area (Å²) in [7, 11) is 0. The number of amides is 3. The zero-order chi connectivity index (χ0) is 14.4. The van der Waals surface area contributed by atoms with Crippen LogP contribution in [0.5, 0.6) is 0 Å². The van der Waals surface area contributed by atoms with Crippen LogP contribution in [0.3, 0.4) is 0 Å². The van der Waals surface area contributed by atoms with Crippen molar-refractivity contribution in [1.82, 2.24) is 10.6 Å². The Morgan fingerprint density at radius 3 is 2.55 bits per heavy atom. The first-order chi connectivity index (χ1) is 9.70. The highest BCUT2D eigenvalue weighted by atomic mass is 16.2. The van der Waals surface area contributed by atoms with E-state index < -0.39 is 6.03 Å².